The van der Waals surface area contributed by atoms with Crippen LogP contribution in [0.15, 0.2) is 53.6 Å². The Morgan fingerprint density at radius 2 is 1.86 bits per heavy atom. The molecule has 0 radical (unpaired) electrons. The fourth-order valence-electron chi connectivity index (χ4n) is 3.00. The molecule has 150 valence electrons. The Kier molecular flexibility index (Phi) is 6.23. The predicted molar refractivity (Wildman–Crippen MR) is 107 cm³/mol. The summed E-state index contributed by atoms with van der Waals surface area (Å²) in [5, 5.41) is 22.0. The van der Waals surface area contributed by atoms with Crippen molar-refractivity contribution in [3.05, 3.63) is 70.4 Å². The maximum absolute atomic E-state index is 12.7. The Morgan fingerprint density at radius 3 is 2.59 bits per heavy atom. The van der Waals surface area contributed by atoms with Crippen molar-refractivity contribution in [3.8, 4) is 5.75 Å². The van der Waals surface area contributed by atoms with Crippen LogP contribution in [0.2, 0.25) is 0 Å². The van der Waals surface area contributed by atoms with E-state index in [1.54, 1.807) is 16.8 Å². The number of nitrogens with zero attached hydrogens (tertiary/aromatic N) is 2. The number of amides is 1. The minimum Gasteiger partial charge on any atom is -0.505 e. The Bertz CT molecular complexity index is 1090. The lowest BCUT2D eigenvalue weighted by Crippen LogP contribution is -2.26. The van der Waals surface area contributed by atoms with Crippen molar-refractivity contribution in [3.63, 3.8) is 0 Å². The molecule has 3 N–H and O–H groups in total. The number of hydrogen-bond acceptors (Lipinski definition) is 5. The molecular formula is C21H21N3O5. The highest BCUT2D eigenvalue weighted by molar-refractivity contribution is 6.01. The summed E-state index contributed by atoms with van der Waals surface area (Å²) in [5.41, 5.74) is 0.610. The summed E-state index contributed by atoms with van der Waals surface area (Å²) in [6.07, 6.45) is 3.74. The molecule has 29 heavy (non-hydrogen) atoms. The lowest BCUT2D eigenvalue weighted by molar-refractivity contribution is -0.137. The van der Waals surface area contributed by atoms with Crippen molar-refractivity contribution in [2.24, 2.45) is 0 Å². The predicted octanol–water partition coefficient (Wildman–Crippen LogP) is 1.94. The number of nitrogens with one attached hydrogen (secondary N) is 1. The molecule has 3 aromatic rings. The number of hydrogen-bond donors (Lipinski definition) is 3. The first-order valence-electron chi connectivity index (χ1n) is 9.22. The Morgan fingerprint density at radius 1 is 1.10 bits per heavy atom. The van der Waals surface area contributed by atoms with Gasteiger partial charge in [-0.25, -0.2) is 4.98 Å². The monoisotopic (exact) mass is 395 g/mol. The van der Waals surface area contributed by atoms with E-state index in [1.807, 2.05) is 30.3 Å². The standard InChI is InChI=1S/C21H21N3O5/c25-17(26)7-4-10-22-20(28)18-19(27)15-9-12-24(21(29)16(15)13-23-18)11-8-14-5-2-1-3-6-14/h1-3,5-6,9,12-13,27H,4,7-8,10-11H2,(H,22,28)(H,25,26). The van der Waals surface area contributed by atoms with Gasteiger partial charge in [0.15, 0.2) is 11.4 Å². The fourth-order valence-corrected chi connectivity index (χ4v) is 3.00. The maximum Gasteiger partial charge on any atom is 0.303 e. The number of carboxylic acid groups (broad SMARTS) is 1. The number of benzene rings is 1. The molecule has 3 rings (SSSR count). The van der Waals surface area contributed by atoms with Gasteiger partial charge in [0, 0.05) is 37.3 Å². The van der Waals surface area contributed by atoms with Crippen molar-refractivity contribution in [1.82, 2.24) is 14.9 Å². The molecule has 0 saturated carbocycles. The molecule has 1 amide bonds. The largest absolute Gasteiger partial charge is 0.505 e. The molecule has 0 unspecified atom stereocenters. The summed E-state index contributed by atoms with van der Waals surface area (Å²) in [7, 11) is 0. The number of carboxylic acids is 1. The summed E-state index contributed by atoms with van der Waals surface area (Å²) in [5.74, 6) is -1.94. The molecule has 0 saturated heterocycles. The average Bonchev–Trinajstić information content (AvgIpc) is 2.71. The van der Waals surface area contributed by atoms with Gasteiger partial charge in [-0.1, -0.05) is 30.3 Å². The summed E-state index contributed by atoms with van der Waals surface area (Å²) in [6, 6.07) is 11.4. The zero-order chi connectivity index (χ0) is 20.8. The zero-order valence-electron chi connectivity index (χ0n) is 15.7. The molecule has 0 fully saturated rings. The Labute approximate surface area is 166 Å². The minimum absolute atomic E-state index is 0.0695. The van der Waals surface area contributed by atoms with Crippen LogP contribution in [0.5, 0.6) is 5.75 Å². The quantitative estimate of drug-likeness (QED) is 0.501. The number of pyridine rings is 2. The van der Waals surface area contributed by atoms with Crippen LogP contribution in [0.3, 0.4) is 0 Å². The van der Waals surface area contributed by atoms with Crippen molar-refractivity contribution >= 4 is 22.6 Å². The van der Waals surface area contributed by atoms with E-state index >= 15 is 0 Å². The van der Waals surface area contributed by atoms with Gasteiger partial charge in [0.25, 0.3) is 11.5 Å². The van der Waals surface area contributed by atoms with Gasteiger partial charge in [0.1, 0.15) is 0 Å². The van der Waals surface area contributed by atoms with Crippen LogP contribution < -0.4 is 10.9 Å². The maximum atomic E-state index is 12.7. The molecule has 0 atom stereocenters. The smallest absolute Gasteiger partial charge is 0.303 e. The highest BCUT2D eigenvalue weighted by atomic mass is 16.4. The Hall–Kier alpha value is -3.68. The van der Waals surface area contributed by atoms with Gasteiger partial charge in [0.2, 0.25) is 0 Å². The number of carbonyl (C=O) groups is 2. The number of aliphatic carboxylic acids is 1. The van der Waals surface area contributed by atoms with Crippen LogP contribution in [-0.2, 0) is 17.8 Å². The summed E-state index contributed by atoms with van der Waals surface area (Å²) < 4.78 is 1.54. The van der Waals surface area contributed by atoms with Crippen LogP contribution in [0, 0.1) is 0 Å². The number of aromatic nitrogens is 2. The SMILES string of the molecule is O=C(O)CCCNC(=O)c1ncc2c(=O)n(CCc3ccccc3)ccc2c1O. The van der Waals surface area contributed by atoms with Gasteiger partial charge in [-0.15, -0.1) is 0 Å². The van der Waals surface area contributed by atoms with E-state index in [2.05, 4.69) is 10.3 Å². The van der Waals surface area contributed by atoms with Crippen molar-refractivity contribution in [2.75, 3.05) is 6.54 Å². The first-order chi connectivity index (χ1) is 14.0. The lowest BCUT2D eigenvalue weighted by Gasteiger charge is -2.10. The second-order valence-corrected chi connectivity index (χ2v) is 6.59. The number of carbonyl (C=O) groups excluding carboxylic acids is 1. The molecule has 2 aromatic heterocycles. The first-order valence-corrected chi connectivity index (χ1v) is 9.22. The molecule has 2 heterocycles. The van der Waals surface area contributed by atoms with Crippen LogP contribution in [0.4, 0.5) is 0 Å². The number of aromatic hydroxyl groups is 1. The second kappa shape index (κ2) is 9.01. The zero-order valence-corrected chi connectivity index (χ0v) is 15.7. The molecule has 0 aliphatic rings. The van der Waals surface area contributed by atoms with Crippen LogP contribution in [0.25, 0.3) is 10.8 Å². The lowest BCUT2D eigenvalue weighted by atomic mass is 10.1. The van der Waals surface area contributed by atoms with Gasteiger partial charge >= 0.3 is 5.97 Å². The molecule has 0 aliphatic carbocycles. The van der Waals surface area contributed by atoms with Gasteiger partial charge in [-0.2, -0.15) is 0 Å². The van der Waals surface area contributed by atoms with Crippen LogP contribution in [-0.4, -0.2) is 38.2 Å². The van der Waals surface area contributed by atoms with Gasteiger partial charge in [0.05, 0.1) is 5.39 Å². The van der Waals surface area contributed by atoms with Crippen molar-refractivity contribution in [1.29, 1.82) is 0 Å². The van der Waals surface area contributed by atoms with E-state index in [4.69, 9.17) is 5.11 Å². The average molecular weight is 395 g/mol. The topological polar surface area (TPSA) is 122 Å². The Balaban J connectivity index is 1.77. The minimum atomic E-state index is -0.950. The molecule has 0 aliphatic heterocycles. The van der Waals surface area contributed by atoms with Gasteiger partial charge in [-0.05, 0) is 24.5 Å². The van der Waals surface area contributed by atoms with E-state index in [0.29, 0.717) is 13.0 Å². The third-order valence-electron chi connectivity index (χ3n) is 4.56. The van der Waals surface area contributed by atoms with Crippen LogP contribution in [0.1, 0.15) is 28.9 Å². The van der Waals surface area contributed by atoms with Crippen LogP contribution >= 0.6 is 0 Å². The highest BCUT2D eigenvalue weighted by Crippen LogP contribution is 2.24. The van der Waals surface area contributed by atoms with Gasteiger partial charge < -0.3 is 20.1 Å². The normalized spacial score (nSPS) is 10.8. The van der Waals surface area contributed by atoms with Gasteiger partial charge in [-0.3, -0.25) is 14.4 Å². The summed E-state index contributed by atoms with van der Waals surface area (Å²) in [6.45, 7) is 0.622. The molecule has 0 bridgehead atoms. The van der Waals surface area contributed by atoms with E-state index in [-0.39, 0.29) is 47.2 Å². The fraction of sp³-hybridized carbons (Fsp3) is 0.238. The number of aryl methyl sites for hydroxylation is 2. The van der Waals surface area contributed by atoms with Crippen molar-refractivity contribution in [2.45, 2.75) is 25.8 Å². The summed E-state index contributed by atoms with van der Waals surface area (Å²) in [4.78, 5) is 39.4. The molecule has 0 spiro atoms. The second-order valence-electron chi connectivity index (χ2n) is 6.59. The number of rotatable bonds is 8. The molecule has 8 heteroatoms. The third kappa shape index (κ3) is 4.78. The first kappa shape index (κ1) is 20.1. The van der Waals surface area contributed by atoms with E-state index in [9.17, 15) is 19.5 Å². The van der Waals surface area contributed by atoms with E-state index < -0.39 is 11.9 Å². The van der Waals surface area contributed by atoms with Crippen molar-refractivity contribution < 1.29 is 19.8 Å². The molecule has 1 aromatic carbocycles. The van der Waals surface area contributed by atoms with E-state index in [0.717, 1.165) is 5.56 Å². The highest BCUT2D eigenvalue weighted by Gasteiger charge is 2.17. The summed E-state index contributed by atoms with van der Waals surface area (Å²) >= 11 is 0. The van der Waals surface area contributed by atoms with E-state index in [1.165, 1.54) is 6.20 Å². The molecular weight excluding hydrogens is 374 g/mol. The number of fused-ring (bicyclic) bond motifs is 1. The third-order valence-corrected chi connectivity index (χ3v) is 4.56. The molecule has 8 nitrogen and oxygen atoms in total.